The molecule has 1 aliphatic carbocycles. The molecule has 0 amide bonds. The van der Waals surface area contributed by atoms with E-state index in [1.807, 2.05) is 0 Å². The number of fused-ring (bicyclic) bond motifs is 3. The van der Waals surface area contributed by atoms with E-state index in [9.17, 15) is 22.4 Å². The van der Waals surface area contributed by atoms with E-state index < -0.39 is 24.0 Å². The van der Waals surface area contributed by atoms with Crippen molar-refractivity contribution in [2.75, 3.05) is 0 Å². The Bertz CT molecular complexity index is 1080. The highest BCUT2D eigenvalue weighted by molar-refractivity contribution is 9.10. The van der Waals surface area contributed by atoms with Crippen LogP contribution in [0.15, 0.2) is 41.0 Å². The van der Waals surface area contributed by atoms with Crippen LogP contribution in [0.2, 0.25) is 0 Å². The molecule has 4 rings (SSSR count). The third-order valence-corrected chi connectivity index (χ3v) is 5.21. The number of para-hydroxylation sites is 1. The maximum absolute atomic E-state index is 13.8. The van der Waals surface area contributed by atoms with Crippen LogP contribution in [0.1, 0.15) is 34.6 Å². The van der Waals surface area contributed by atoms with Crippen LogP contribution in [0, 0.1) is 11.7 Å². The van der Waals surface area contributed by atoms with Crippen molar-refractivity contribution in [1.29, 1.82) is 0 Å². The van der Waals surface area contributed by atoms with Crippen LogP contribution in [-0.4, -0.2) is 21.5 Å². The topological polar surface area (TPSA) is 43.6 Å². The van der Waals surface area contributed by atoms with Crippen LogP contribution in [0.4, 0.5) is 17.6 Å². The van der Waals surface area contributed by atoms with Crippen LogP contribution in [0.5, 0.6) is 5.75 Å². The van der Waals surface area contributed by atoms with Gasteiger partial charge in [-0.25, -0.2) is 9.37 Å². The average molecular weight is 443 g/mol. The Morgan fingerprint density at radius 1 is 1.26 bits per heavy atom. The van der Waals surface area contributed by atoms with Crippen molar-refractivity contribution in [3.8, 4) is 5.75 Å². The number of carbonyl (C=O) groups excluding carboxylic acids is 1. The molecule has 4 nitrogen and oxygen atoms in total. The number of aromatic nitrogens is 2. The molecule has 1 aliphatic rings. The normalized spacial score (nSPS) is 19.6. The number of benzene rings is 1. The van der Waals surface area contributed by atoms with Crippen molar-refractivity contribution in [2.45, 2.75) is 19.2 Å². The SMILES string of the molecule is CC1C(=O)c2nc3cc(F)c(Br)cn3c2C1c1ccccc1OC(F)(F)F. The Morgan fingerprint density at radius 2 is 1.96 bits per heavy atom. The summed E-state index contributed by atoms with van der Waals surface area (Å²) in [5.74, 6) is -2.58. The first-order valence-corrected chi connectivity index (χ1v) is 8.72. The molecule has 27 heavy (non-hydrogen) atoms. The number of ketones is 1. The maximum atomic E-state index is 13.8. The number of alkyl halides is 3. The molecule has 3 aromatic rings. The fraction of sp³-hybridized carbons (Fsp3) is 0.222. The second-order valence-electron chi connectivity index (χ2n) is 6.26. The molecular weight excluding hydrogens is 432 g/mol. The predicted molar refractivity (Wildman–Crippen MR) is 91.3 cm³/mol. The molecule has 0 aliphatic heterocycles. The monoisotopic (exact) mass is 442 g/mol. The summed E-state index contributed by atoms with van der Waals surface area (Å²) < 4.78 is 58.1. The van der Waals surface area contributed by atoms with Gasteiger partial charge in [-0.05, 0) is 22.0 Å². The molecule has 0 radical (unpaired) electrons. The summed E-state index contributed by atoms with van der Waals surface area (Å²) in [6.07, 6.45) is -3.45. The van der Waals surface area contributed by atoms with E-state index in [0.29, 0.717) is 5.69 Å². The molecule has 2 unspecified atom stereocenters. The van der Waals surface area contributed by atoms with Gasteiger partial charge in [-0.1, -0.05) is 25.1 Å². The molecule has 0 N–H and O–H groups in total. The zero-order chi connectivity index (χ0) is 19.5. The van der Waals surface area contributed by atoms with Gasteiger partial charge in [-0.2, -0.15) is 0 Å². The van der Waals surface area contributed by atoms with Gasteiger partial charge in [0.1, 0.15) is 22.9 Å². The van der Waals surface area contributed by atoms with E-state index in [1.54, 1.807) is 13.0 Å². The number of carbonyl (C=O) groups is 1. The predicted octanol–water partition coefficient (Wildman–Crippen LogP) is 5.10. The summed E-state index contributed by atoms with van der Waals surface area (Å²) in [6.45, 7) is 1.63. The van der Waals surface area contributed by atoms with Crippen molar-refractivity contribution in [1.82, 2.24) is 9.38 Å². The number of rotatable bonds is 2. The van der Waals surface area contributed by atoms with E-state index in [4.69, 9.17) is 0 Å². The highest BCUT2D eigenvalue weighted by Crippen LogP contribution is 2.46. The number of hydrogen-bond acceptors (Lipinski definition) is 3. The quantitative estimate of drug-likeness (QED) is 0.518. The van der Waals surface area contributed by atoms with Crippen LogP contribution in [-0.2, 0) is 0 Å². The second kappa shape index (κ2) is 6.05. The smallest absolute Gasteiger partial charge is 0.405 e. The van der Waals surface area contributed by atoms with Gasteiger partial charge in [0, 0.05) is 29.7 Å². The first-order chi connectivity index (χ1) is 12.7. The molecule has 0 saturated heterocycles. The number of pyridine rings is 1. The first-order valence-electron chi connectivity index (χ1n) is 7.93. The number of Topliss-reactive ketones (excluding diaryl/α,β-unsaturated/α-hetero) is 1. The number of nitrogens with zero attached hydrogens (tertiary/aromatic N) is 2. The van der Waals surface area contributed by atoms with Crippen LogP contribution in [0.3, 0.4) is 0 Å². The molecule has 140 valence electrons. The van der Waals surface area contributed by atoms with Crippen LogP contribution in [0.25, 0.3) is 5.65 Å². The van der Waals surface area contributed by atoms with E-state index in [-0.39, 0.29) is 32.9 Å². The Morgan fingerprint density at radius 3 is 2.67 bits per heavy atom. The van der Waals surface area contributed by atoms with Crippen LogP contribution >= 0.6 is 15.9 Å². The Kier molecular flexibility index (Phi) is 4.03. The minimum atomic E-state index is -4.86. The average Bonchev–Trinajstić information content (AvgIpc) is 3.04. The lowest BCUT2D eigenvalue weighted by Gasteiger charge is -2.21. The van der Waals surface area contributed by atoms with Crippen molar-refractivity contribution < 1.29 is 27.1 Å². The van der Waals surface area contributed by atoms with Crippen molar-refractivity contribution in [3.05, 3.63) is 63.8 Å². The summed E-state index contributed by atoms with van der Waals surface area (Å²) in [7, 11) is 0. The van der Waals surface area contributed by atoms with Gasteiger partial charge in [0.15, 0.2) is 5.78 Å². The maximum Gasteiger partial charge on any atom is 0.573 e. The van der Waals surface area contributed by atoms with Gasteiger partial charge in [-0.3, -0.25) is 4.79 Å². The summed E-state index contributed by atoms with van der Waals surface area (Å²) in [4.78, 5) is 16.9. The van der Waals surface area contributed by atoms with Crippen molar-refractivity contribution in [2.24, 2.45) is 5.92 Å². The van der Waals surface area contributed by atoms with Crippen LogP contribution < -0.4 is 4.74 Å². The fourth-order valence-electron chi connectivity index (χ4n) is 3.51. The lowest BCUT2D eigenvalue weighted by atomic mass is 9.88. The first kappa shape index (κ1) is 18.0. The molecule has 2 aromatic heterocycles. The van der Waals surface area contributed by atoms with Gasteiger partial charge in [0.05, 0.1) is 10.2 Å². The van der Waals surface area contributed by atoms with E-state index in [2.05, 4.69) is 25.7 Å². The molecule has 2 atom stereocenters. The minimum Gasteiger partial charge on any atom is -0.405 e. The van der Waals surface area contributed by atoms with Crippen molar-refractivity contribution >= 4 is 27.4 Å². The third-order valence-electron chi connectivity index (χ3n) is 4.62. The van der Waals surface area contributed by atoms with Gasteiger partial charge >= 0.3 is 6.36 Å². The number of hydrogen-bond donors (Lipinski definition) is 0. The summed E-state index contributed by atoms with van der Waals surface area (Å²) in [5, 5.41) is 0. The third kappa shape index (κ3) is 2.90. The Balaban J connectivity index is 1.95. The van der Waals surface area contributed by atoms with E-state index in [1.165, 1.54) is 28.8 Å². The lowest BCUT2D eigenvalue weighted by Crippen LogP contribution is -2.20. The van der Waals surface area contributed by atoms with E-state index >= 15 is 0 Å². The van der Waals surface area contributed by atoms with Crippen molar-refractivity contribution in [3.63, 3.8) is 0 Å². The fourth-order valence-corrected chi connectivity index (χ4v) is 3.83. The molecule has 9 heteroatoms. The van der Waals surface area contributed by atoms with Gasteiger partial charge < -0.3 is 9.14 Å². The highest BCUT2D eigenvalue weighted by Gasteiger charge is 2.44. The largest absolute Gasteiger partial charge is 0.573 e. The molecule has 2 heterocycles. The second-order valence-corrected chi connectivity index (χ2v) is 7.11. The minimum absolute atomic E-state index is 0.131. The lowest BCUT2D eigenvalue weighted by molar-refractivity contribution is -0.275. The summed E-state index contributed by atoms with van der Waals surface area (Å²) in [5.41, 5.74) is 0.977. The molecule has 0 saturated carbocycles. The number of imidazole rings is 1. The summed E-state index contributed by atoms with van der Waals surface area (Å²) in [6, 6.07) is 6.86. The standard InChI is InChI=1S/C18H11BrF4N2O2/c1-8-14(9-4-2-3-5-12(9)27-18(21,22)23)16-15(17(8)26)24-13-6-11(20)10(19)7-25(13)16/h2-8,14H,1H3. The highest BCUT2D eigenvalue weighted by atomic mass is 79.9. The zero-order valence-electron chi connectivity index (χ0n) is 13.7. The molecule has 0 fully saturated rings. The Hall–Kier alpha value is -2.42. The molecular formula is C18H11BrF4N2O2. The van der Waals surface area contributed by atoms with Gasteiger partial charge in [0.2, 0.25) is 0 Å². The molecule has 1 aromatic carbocycles. The number of halogens is 5. The van der Waals surface area contributed by atoms with Gasteiger partial charge in [0.25, 0.3) is 0 Å². The summed E-state index contributed by atoms with van der Waals surface area (Å²) >= 11 is 3.09. The zero-order valence-corrected chi connectivity index (χ0v) is 15.3. The van der Waals surface area contributed by atoms with E-state index in [0.717, 1.165) is 6.07 Å². The number of ether oxygens (including phenoxy) is 1. The Labute approximate surface area is 158 Å². The molecule has 0 bridgehead atoms. The van der Waals surface area contributed by atoms with Gasteiger partial charge in [-0.15, -0.1) is 13.2 Å². The molecule has 0 spiro atoms.